The molecule has 2 aliphatic rings. The summed E-state index contributed by atoms with van der Waals surface area (Å²) in [7, 11) is 1.39. The van der Waals surface area contributed by atoms with E-state index in [9.17, 15) is 9.59 Å². The average molecular weight is 334 g/mol. The number of nitrogens with one attached hydrogen (secondary N) is 1. The Bertz CT molecular complexity index is 626. The fourth-order valence-corrected chi connectivity index (χ4v) is 4.39. The lowest BCUT2D eigenvalue weighted by Gasteiger charge is -2.04. The zero-order valence-electron chi connectivity index (χ0n) is 13.5. The minimum absolute atomic E-state index is 0.168. The Labute approximate surface area is 140 Å². The Morgan fingerprint density at radius 1 is 1.30 bits per heavy atom. The maximum Gasteiger partial charge on any atom is 0.339 e. The molecule has 3 rings (SSSR count). The van der Waals surface area contributed by atoms with Crippen LogP contribution in [0.2, 0.25) is 0 Å². The molecule has 0 aliphatic heterocycles. The van der Waals surface area contributed by atoms with Gasteiger partial charge in [0.1, 0.15) is 0 Å². The summed E-state index contributed by atoms with van der Waals surface area (Å²) in [6.45, 7) is 1.44. The van der Waals surface area contributed by atoms with Gasteiger partial charge < -0.3 is 10.1 Å². The molecule has 0 bridgehead atoms. The van der Waals surface area contributed by atoms with Crippen LogP contribution in [-0.2, 0) is 14.3 Å². The highest BCUT2D eigenvalue weighted by Gasteiger charge is 2.48. The van der Waals surface area contributed by atoms with E-state index in [1.807, 2.05) is 0 Å². The molecule has 5 nitrogen and oxygen atoms in total. The van der Waals surface area contributed by atoms with Crippen LogP contribution in [0, 0.1) is 17.8 Å². The van der Waals surface area contributed by atoms with E-state index in [1.165, 1.54) is 57.5 Å². The van der Waals surface area contributed by atoms with Crippen molar-refractivity contribution in [2.24, 2.45) is 17.8 Å². The van der Waals surface area contributed by atoms with Gasteiger partial charge in [0.05, 0.1) is 18.4 Å². The van der Waals surface area contributed by atoms with Crippen LogP contribution in [0.4, 0.5) is 5.13 Å². The van der Waals surface area contributed by atoms with Gasteiger partial charge in [-0.3, -0.25) is 4.79 Å². The summed E-state index contributed by atoms with van der Waals surface area (Å²) < 4.78 is 4.93. The quantitative estimate of drug-likeness (QED) is 0.676. The third-order valence-electron chi connectivity index (χ3n) is 4.80. The summed E-state index contributed by atoms with van der Waals surface area (Å²) in [5, 5.41) is 4.96. The molecule has 0 radical (unpaired) electrons. The molecule has 2 unspecified atom stereocenters. The summed E-state index contributed by atoms with van der Waals surface area (Å²) >= 11 is 1.32. The molecule has 6 heteroatoms. The average Bonchev–Trinajstić information content (AvgIpc) is 3.06. The number of methoxy groups -OCH3 is 1. The number of fused-ring (bicyclic) bond motifs is 1. The summed E-state index contributed by atoms with van der Waals surface area (Å²) in [5.41, 5.74) is 1.12. The third kappa shape index (κ3) is 3.63. The SMILES string of the molecule is COC(=O)/C(=C/C1C2CCCCCC12)c1csc(NC(C)=O)n1. The van der Waals surface area contributed by atoms with Crippen molar-refractivity contribution in [2.75, 3.05) is 12.4 Å². The van der Waals surface area contributed by atoms with Crippen molar-refractivity contribution in [3.8, 4) is 0 Å². The number of carbonyl (C=O) groups is 2. The lowest BCUT2D eigenvalue weighted by molar-refractivity contribution is -0.133. The maximum atomic E-state index is 12.2. The Kier molecular flexibility index (Phi) is 4.80. The van der Waals surface area contributed by atoms with Gasteiger partial charge in [0.15, 0.2) is 5.13 Å². The number of amides is 1. The molecule has 124 valence electrons. The van der Waals surface area contributed by atoms with Gasteiger partial charge in [-0.05, 0) is 30.6 Å². The molecule has 2 fully saturated rings. The first-order valence-corrected chi connectivity index (χ1v) is 9.01. The molecule has 2 saturated carbocycles. The number of hydrogen-bond donors (Lipinski definition) is 1. The van der Waals surface area contributed by atoms with Crippen molar-refractivity contribution in [2.45, 2.75) is 39.0 Å². The number of nitrogens with zero attached hydrogens (tertiary/aromatic N) is 1. The van der Waals surface area contributed by atoms with E-state index < -0.39 is 0 Å². The van der Waals surface area contributed by atoms with E-state index in [4.69, 9.17) is 4.74 Å². The predicted octanol–water partition coefficient (Wildman–Crippen LogP) is 3.48. The Balaban J connectivity index is 1.81. The molecule has 0 aromatic carbocycles. The van der Waals surface area contributed by atoms with Crippen molar-refractivity contribution in [1.29, 1.82) is 0 Å². The van der Waals surface area contributed by atoms with E-state index in [-0.39, 0.29) is 11.9 Å². The van der Waals surface area contributed by atoms with E-state index >= 15 is 0 Å². The molecule has 23 heavy (non-hydrogen) atoms. The molecule has 1 amide bonds. The first-order valence-electron chi connectivity index (χ1n) is 8.13. The van der Waals surface area contributed by atoms with Crippen LogP contribution >= 0.6 is 11.3 Å². The van der Waals surface area contributed by atoms with Gasteiger partial charge >= 0.3 is 5.97 Å². The fourth-order valence-electron chi connectivity index (χ4n) is 3.64. The molecule has 1 aromatic heterocycles. The monoisotopic (exact) mass is 334 g/mol. The Hall–Kier alpha value is -1.69. The minimum atomic E-state index is -0.355. The van der Waals surface area contributed by atoms with E-state index in [0.29, 0.717) is 34.2 Å². The summed E-state index contributed by atoms with van der Waals surface area (Å²) in [6.07, 6.45) is 8.49. The molecular formula is C17H22N2O3S. The zero-order chi connectivity index (χ0) is 16.4. The largest absolute Gasteiger partial charge is 0.465 e. The van der Waals surface area contributed by atoms with Crippen molar-refractivity contribution >= 4 is 33.9 Å². The highest BCUT2D eigenvalue weighted by molar-refractivity contribution is 7.14. The van der Waals surface area contributed by atoms with Gasteiger partial charge in [0.2, 0.25) is 5.91 Å². The van der Waals surface area contributed by atoms with Gasteiger partial charge in [-0.2, -0.15) is 0 Å². The van der Waals surface area contributed by atoms with Crippen LogP contribution in [0.3, 0.4) is 0 Å². The molecule has 1 N–H and O–H groups in total. The molecular weight excluding hydrogens is 312 g/mol. The highest BCUT2D eigenvalue weighted by atomic mass is 32.1. The second-order valence-corrected chi connectivity index (χ2v) is 7.19. The molecule has 1 heterocycles. The van der Waals surface area contributed by atoms with Crippen LogP contribution in [0.5, 0.6) is 0 Å². The van der Waals surface area contributed by atoms with Gasteiger partial charge in [-0.1, -0.05) is 25.3 Å². The summed E-state index contributed by atoms with van der Waals surface area (Å²) in [4.78, 5) is 27.6. The third-order valence-corrected chi connectivity index (χ3v) is 5.56. The maximum absolute atomic E-state index is 12.2. The van der Waals surface area contributed by atoms with Gasteiger partial charge in [0, 0.05) is 12.3 Å². The number of ether oxygens (including phenoxy) is 1. The Morgan fingerprint density at radius 2 is 2.00 bits per heavy atom. The van der Waals surface area contributed by atoms with Crippen LogP contribution < -0.4 is 5.32 Å². The highest BCUT2D eigenvalue weighted by Crippen LogP contribution is 2.55. The van der Waals surface area contributed by atoms with E-state index in [2.05, 4.69) is 16.4 Å². The molecule has 2 aliphatic carbocycles. The number of carbonyl (C=O) groups excluding carboxylic acids is 2. The molecule has 0 saturated heterocycles. The lowest BCUT2D eigenvalue weighted by atomic mass is 10.1. The lowest BCUT2D eigenvalue weighted by Crippen LogP contribution is -2.07. The smallest absolute Gasteiger partial charge is 0.339 e. The van der Waals surface area contributed by atoms with Crippen LogP contribution in [0.25, 0.3) is 5.57 Å². The predicted molar refractivity (Wildman–Crippen MR) is 90.0 cm³/mol. The summed E-state index contributed by atoms with van der Waals surface area (Å²) in [5.74, 6) is 1.37. The van der Waals surface area contributed by atoms with Crippen LogP contribution in [0.15, 0.2) is 11.5 Å². The number of hydrogen-bond acceptors (Lipinski definition) is 5. The number of thiazole rings is 1. The van der Waals surface area contributed by atoms with Gasteiger partial charge in [-0.25, -0.2) is 9.78 Å². The van der Waals surface area contributed by atoms with E-state index in [0.717, 1.165) is 0 Å². The fraction of sp³-hybridized carbons (Fsp3) is 0.588. The van der Waals surface area contributed by atoms with Crippen molar-refractivity contribution in [3.05, 3.63) is 17.2 Å². The van der Waals surface area contributed by atoms with Crippen molar-refractivity contribution in [3.63, 3.8) is 0 Å². The first-order chi connectivity index (χ1) is 11.1. The summed E-state index contributed by atoms with van der Waals surface area (Å²) in [6, 6.07) is 0. The Morgan fingerprint density at radius 3 is 2.61 bits per heavy atom. The molecule has 2 atom stereocenters. The standard InChI is InChI=1S/C17H22N2O3S/c1-10(20)18-17-19-15(9-23-17)14(16(21)22-2)8-13-11-6-4-3-5-7-12(11)13/h8-9,11-13H,3-7H2,1-2H3,(H,18,19,20)/b14-8+. The number of allylic oxidation sites excluding steroid dienone is 1. The molecule has 1 aromatic rings. The second kappa shape index (κ2) is 6.83. The van der Waals surface area contributed by atoms with Gasteiger partial charge in [0.25, 0.3) is 0 Å². The number of rotatable bonds is 4. The van der Waals surface area contributed by atoms with Crippen molar-refractivity contribution < 1.29 is 14.3 Å². The van der Waals surface area contributed by atoms with Crippen LogP contribution in [0.1, 0.15) is 44.7 Å². The number of esters is 1. The number of anilines is 1. The molecule has 0 spiro atoms. The van der Waals surface area contributed by atoms with E-state index in [1.54, 1.807) is 5.38 Å². The normalized spacial score (nSPS) is 26.9. The minimum Gasteiger partial charge on any atom is -0.465 e. The number of aromatic nitrogens is 1. The first kappa shape index (κ1) is 16.2. The van der Waals surface area contributed by atoms with Crippen LogP contribution in [-0.4, -0.2) is 24.0 Å². The second-order valence-electron chi connectivity index (χ2n) is 6.33. The topological polar surface area (TPSA) is 68.3 Å². The van der Waals surface area contributed by atoms with Crippen molar-refractivity contribution in [1.82, 2.24) is 4.98 Å². The van der Waals surface area contributed by atoms with Gasteiger partial charge in [-0.15, -0.1) is 11.3 Å². The zero-order valence-corrected chi connectivity index (χ0v) is 14.3.